The highest BCUT2D eigenvalue weighted by atomic mass is 15.7. The van der Waals surface area contributed by atoms with Crippen LogP contribution >= 0.6 is 0 Å². The lowest BCUT2D eigenvalue weighted by Crippen LogP contribution is -2.34. The van der Waals surface area contributed by atoms with E-state index in [0.717, 1.165) is 6.42 Å². The van der Waals surface area contributed by atoms with E-state index in [2.05, 4.69) is 24.8 Å². The molecule has 0 fully saturated rings. The van der Waals surface area contributed by atoms with E-state index in [1.165, 1.54) is 11.4 Å². The smallest absolute Gasteiger partial charge is 0.0506 e. The summed E-state index contributed by atoms with van der Waals surface area (Å²) in [7, 11) is 2.00. The summed E-state index contributed by atoms with van der Waals surface area (Å²) >= 11 is 0. The molecule has 0 aromatic rings. The number of nitrogens with zero attached hydrogens (tertiary/aromatic N) is 1. The highest BCUT2D eigenvalue weighted by Crippen LogP contribution is 2.11. The number of hydrazine groups is 2. The van der Waals surface area contributed by atoms with Crippen LogP contribution in [0, 0.1) is 0 Å². The molecule has 0 aromatic carbocycles. The zero-order chi connectivity index (χ0) is 6.85. The van der Waals surface area contributed by atoms with Crippen molar-refractivity contribution in [1.29, 1.82) is 0 Å². The van der Waals surface area contributed by atoms with E-state index in [4.69, 9.17) is 0 Å². The molecule has 1 aliphatic rings. The van der Waals surface area contributed by atoms with Gasteiger partial charge in [-0.1, -0.05) is 6.92 Å². The Morgan fingerprint density at radius 2 is 2.22 bits per heavy atom. The summed E-state index contributed by atoms with van der Waals surface area (Å²) in [5.41, 5.74) is 8.56. The number of hydrogen-bond donors (Lipinski definition) is 2. The maximum Gasteiger partial charge on any atom is 0.0506 e. The zero-order valence-corrected chi connectivity index (χ0v) is 6.15. The van der Waals surface area contributed by atoms with E-state index in [1.807, 2.05) is 12.1 Å². The number of allylic oxidation sites excluding steroid dienone is 2. The largest absolute Gasteiger partial charge is 0.306 e. The van der Waals surface area contributed by atoms with Gasteiger partial charge >= 0.3 is 0 Å². The molecule has 0 spiro atoms. The summed E-state index contributed by atoms with van der Waals surface area (Å²) < 4.78 is 0. The first-order valence-electron chi connectivity index (χ1n) is 3.21. The molecule has 1 aliphatic heterocycles. The summed E-state index contributed by atoms with van der Waals surface area (Å²) in [4.78, 5) is 0. The summed E-state index contributed by atoms with van der Waals surface area (Å²) in [5, 5.41) is 2.00. The molecular weight excluding hydrogens is 114 g/mol. The van der Waals surface area contributed by atoms with Gasteiger partial charge < -0.3 is 5.43 Å². The molecule has 0 bridgehead atoms. The quantitative estimate of drug-likeness (QED) is 0.539. The van der Waals surface area contributed by atoms with Crippen molar-refractivity contribution in [1.82, 2.24) is 16.0 Å². The Kier molecular flexibility index (Phi) is 1.62. The van der Waals surface area contributed by atoms with Gasteiger partial charge in [0.05, 0.1) is 5.70 Å². The number of rotatable bonds is 1. The van der Waals surface area contributed by atoms with Gasteiger partial charge in [-0.2, -0.15) is 0 Å². The van der Waals surface area contributed by atoms with Crippen LogP contribution in [-0.2, 0) is 0 Å². The maximum absolute atomic E-state index is 3.03. The van der Waals surface area contributed by atoms with Gasteiger partial charge in [0.1, 0.15) is 0 Å². The molecule has 1 heterocycles. The first kappa shape index (κ1) is 6.42. The lowest BCUT2D eigenvalue weighted by atomic mass is 10.3. The summed E-state index contributed by atoms with van der Waals surface area (Å²) in [5.74, 6) is 0. The Labute approximate surface area is 55.7 Å². The van der Waals surface area contributed by atoms with Crippen molar-refractivity contribution < 1.29 is 0 Å². The van der Waals surface area contributed by atoms with Crippen LogP contribution in [0.5, 0.6) is 0 Å². The minimum absolute atomic E-state index is 1.07. The number of hydrogen-bond acceptors (Lipinski definition) is 3. The first-order valence-corrected chi connectivity index (χ1v) is 3.21. The van der Waals surface area contributed by atoms with Gasteiger partial charge in [-0.3, -0.25) is 5.01 Å². The van der Waals surface area contributed by atoms with Gasteiger partial charge in [-0.05, 0) is 13.3 Å². The van der Waals surface area contributed by atoms with E-state index in [0.29, 0.717) is 0 Å². The van der Waals surface area contributed by atoms with E-state index in [9.17, 15) is 0 Å². The van der Waals surface area contributed by atoms with Crippen LogP contribution in [0.25, 0.3) is 0 Å². The van der Waals surface area contributed by atoms with Crippen LogP contribution < -0.4 is 11.0 Å². The summed E-state index contributed by atoms with van der Waals surface area (Å²) in [6.45, 7) is 4.21. The van der Waals surface area contributed by atoms with Crippen LogP contribution in [-0.4, -0.2) is 12.1 Å². The average Bonchev–Trinajstić information content (AvgIpc) is 2.12. The van der Waals surface area contributed by atoms with Gasteiger partial charge in [0.15, 0.2) is 0 Å². The second-order valence-electron chi connectivity index (χ2n) is 2.22. The first-order chi connectivity index (χ1) is 4.25. The third-order valence-electron chi connectivity index (χ3n) is 1.58. The Hall–Kier alpha value is -0.700. The fourth-order valence-electron chi connectivity index (χ4n) is 1.06. The predicted molar refractivity (Wildman–Crippen MR) is 37.0 cm³/mol. The van der Waals surface area contributed by atoms with Gasteiger partial charge in [-0.25, -0.2) is 0 Å². The Morgan fingerprint density at radius 1 is 1.56 bits per heavy atom. The zero-order valence-electron chi connectivity index (χ0n) is 6.15. The summed E-state index contributed by atoms with van der Waals surface area (Å²) in [6.07, 6.45) is 1.07. The molecule has 3 heteroatoms. The third kappa shape index (κ3) is 1.00. The van der Waals surface area contributed by atoms with Crippen molar-refractivity contribution in [2.75, 3.05) is 7.05 Å². The third-order valence-corrected chi connectivity index (χ3v) is 1.58. The normalized spacial score (nSPS) is 18.8. The van der Waals surface area contributed by atoms with Gasteiger partial charge in [0.25, 0.3) is 0 Å². The van der Waals surface area contributed by atoms with Crippen molar-refractivity contribution in [3.05, 3.63) is 11.4 Å². The molecule has 0 atom stereocenters. The SMILES string of the molecule is CCC1=C(C)NNN1C. The van der Waals surface area contributed by atoms with Gasteiger partial charge in [-0.15, -0.1) is 5.53 Å². The topological polar surface area (TPSA) is 27.3 Å². The van der Waals surface area contributed by atoms with Crippen LogP contribution in [0.2, 0.25) is 0 Å². The molecule has 3 nitrogen and oxygen atoms in total. The van der Waals surface area contributed by atoms with E-state index in [1.54, 1.807) is 0 Å². The van der Waals surface area contributed by atoms with Gasteiger partial charge in [0, 0.05) is 12.7 Å². The standard InChI is InChI=1S/C6H13N3/c1-4-6-5(2)7-8-9(6)3/h7-8H,4H2,1-3H3. The molecular formula is C6H13N3. The summed E-state index contributed by atoms with van der Waals surface area (Å²) in [6, 6.07) is 0. The average molecular weight is 127 g/mol. The minimum Gasteiger partial charge on any atom is -0.306 e. The van der Waals surface area contributed by atoms with Crippen LogP contribution in [0.1, 0.15) is 20.3 Å². The van der Waals surface area contributed by atoms with Crippen LogP contribution in [0.4, 0.5) is 0 Å². The molecule has 2 N–H and O–H groups in total. The van der Waals surface area contributed by atoms with E-state index < -0.39 is 0 Å². The molecule has 9 heavy (non-hydrogen) atoms. The second-order valence-corrected chi connectivity index (χ2v) is 2.22. The van der Waals surface area contributed by atoms with Crippen molar-refractivity contribution in [3.8, 4) is 0 Å². The molecule has 0 saturated carbocycles. The minimum atomic E-state index is 1.07. The molecule has 0 aliphatic carbocycles. The van der Waals surface area contributed by atoms with E-state index in [-0.39, 0.29) is 0 Å². The van der Waals surface area contributed by atoms with Crippen LogP contribution in [0.15, 0.2) is 11.4 Å². The van der Waals surface area contributed by atoms with Crippen LogP contribution in [0.3, 0.4) is 0 Å². The van der Waals surface area contributed by atoms with E-state index >= 15 is 0 Å². The highest BCUT2D eigenvalue weighted by molar-refractivity contribution is 5.10. The van der Waals surface area contributed by atoms with Crippen molar-refractivity contribution in [2.45, 2.75) is 20.3 Å². The lowest BCUT2D eigenvalue weighted by molar-refractivity contribution is 0.299. The van der Waals surface area contributed by atoms with Crippen molar-refractivity contribution in [2.24, 2.45) is 0 Å². The fourth-order valence-corrected chi connectivity index (χ4v) is 1.06. The predicted octanol–water partition coefficient (Wildman–Crippen LogP) is 0.583. The Balaban J connectivity index is 2.69. The lowest BCUT2D eigenvalue weighted by Gasteiger charge is -2.12. The molecule has 52 valence electrons. The monoisotopic (exact) mass is 127 g/mol. The fraction of sp³-hybridized carbons (Fsp3) is 0.667. The Morgan fingerprint density at radius 3 is 2.44 bits per heavy atom. The maximum atomic E-state index is 3.03. The number of nitrogens with one attached hydrogen (secondary N) is 2. The molecule has 0 aromatic heterocycles. The Bertz CT molecular complexity index is 139. The molecule has 0 amide bonds. The van der Waals surface area contributed by atoms with Gasteiger partial charge in [0.2, 0.25) is 0 Å². The molecule has 0 unspecified atom stereocenters. The second kappa shape index (κ2) is 2.27. The molecule has 0 saturated heterocycles. The highest BCUT2D eigenvalue weighted by Gasteiger charge is 2.11. The molecule has 0 radical (unpaired) electrons. The van der Waals surface area contributed by atoms with Crippen molar-refractivity contribution >= 4 is 0 Å². The van der Waals surface area contributed by atoms with Crippen molar-refractivity contribution in [3.63, 3.8) is 0 Å². The molecule has 1 rings (SSSR count).